The van der Waals surface area contributed by atoms with Crippen LogP contribution >= 0.6 is 23.1 Å². The van der Waals surface area contributed by atoms with Gasteiger partial charge in [0.2, 0.25) is 0 Å². The maximum absolute atomic E-state index is 13.2. The summed E-state index contributed by atoms with van der Waals surface area (Å²) in [5.41, 5.74) is 2.52. The van der Waals surface area contributed by atoms with Crippen molar-refractivity contribution in [2.24, 2.45) is 0 Å². The lowest BCUT2D eigenvalue weighted by Gasteiger charge is -2.12. The molecule has 2 heterocycles. The molecule has 3 nitrogen and oxygen atoms in total. The molecule has 0 saturated carbocycles. The number of aromatic nitrogens is 2. The van der Waals surface area contributed by atoms with Crippen LogP contribution in [0.2, 0.25) is 0 Å². The highest BCUT2D eigenvalue weighted by Crippen LogP contribution is 2.34. The fourth-order valence-electron chi connectivity index (χ4n) is 3.49. The molecule has 0 bridgehead atoms. The van der Waals surface area contributed by atoms with Crippen molar-refractivity contribution in [3.63, 3.8) is 0 Å². The van der Waals surface area contributed by atoms with Crippen molar-refractivity contribution in [3.05, 3.63) is 75.4 Å². The Bertz CT molecular complexity index is 1050. The average molecular weight is 395 g/mol. The van der Waals surface area contributed by atoms with Gasteiger partial charge in [0.25, 0.3) is 5.56 Å². The van der Waals surface area contributed by atoms with Crippen molar-refractivity contribution in [2.45, 2.75) is 37.4 Å². The standard InChI is InChI=1S/C22H22N2OS2/c1-2-14-24-21(25)19-17-12-6-7-13-18(17)27-20(19)23-22(24)26-15-8-11-16-9-4-3-5-10-16/h2-5,8-11H,1,6-7,12-15H2. The monoisotopic (exact) mass is 394 g/mol. The van der Waals surface area contributed by atoms with E-state index >= 15 is 0 Å². The largest absolute Gasteiger partial charge is 0.283 e. The van der Waals surface area contributed by atoms with E-state index in [4.69, 9.17) is 4.98 Å². The van der Waals surface area contributed by atoms with Crippen LogP contribution in [0.4, 0.5) is 0 Å². The molecule has 1 aliphatic carbocycles. The number of fused-ring (bicyclic) bond motifs is 3. The van der Waals surface area contributed by atoms with Crippen molar-refractivity contribution >= 4 is 39.4 Å². The summed E-state index contributed by atoms with van der Waals surface area (Å²) in [5.74, 6) is 0.773. The predicted octanol–water partition coefficient (Wildman–Crippen LogP) is 5.33. The molecule has 0 amide bonds. The Balaban J connectivity index is 1.65. The minimum absolute atomic E-state index is 0.0915. The van der Waals surface area contributed by atoms with Crippen LogP contribution in [0, 0.1) is 0 Å². The maximum Gasteiger partial charge on any atom is 0.263 e. The Morgan fingerprint density at radius 1 is 1.22 bits per heavy atom. The van der Waals surface area contributed by atoms with Crippen LogP contribution in [0.25, 0.3) is 16.3 Å². The molecule has 1 aromatic carbocycles. The fourth-order valence-corrected chi connectivity index (χ4v) is 5.61. The topological polar surface area (TPSA) is 34.9 Å². The van der Waals surface area contributed by atoms with Gasteiger partial charge < -0.3 is 0 Å². The molecule has 27 heavy (non-hydrogen) atoms. The molecule has 2 aromatic heterocycles. The smallest absolute Gasteiger partial charge is 0.263 e. The SMILES string of the molecule is C=CCn1c(SCC=Cc2ccccc2)nc2sc3c(c2c1=O)CCCC3. The van der Waals surface area contributed by atoms with E-state index in [0.717, 1.165) is 34.0 Å². The molecule has 0 saturated heterocycles. The van der Waals surface area contributed by atoms with E-state index in [2.05, 4.69) is 30.9 Å². The quantitative estimate of drug-likeness (QED) is 0.322. The summed E-state index contributed by atoms with van der Waals surface area (Å²) in [4.78, 5) is 20.3. The lowest BCUT2D eigenvalue weighted by atomic mass is 9.97. The van der Waals surface area contributed by atoms with E-state index in [1.54, 1.807) is 33.7 Å². The molecule has 4 rings (SSSR count). The molecule has 1 aliphatic rings. The number of thioether (sulfide) groups is 1. The van der Waals surface area contributed by atoms with E-state index in [0.29, 0.717) is 6.54 Å². The van der Waals surface area contributed by atoms with Crippen molar-refractivity contribution < 1.29 is 0 Å². The van der Waals surface area contributed by atoms with Gasteiger partial charge in [-0.1, -0.05) is 60.3 Å². The summed E-state index contributed by atoms with van der Waals surface area (Å²) in [6, 6.07) is 10.2. The first-order valence-corrected chi connectivity index (χ1v) is 11.1. The summed E-state index contributed by atoms with van der Waals surface area (Å²) in [6.07, 6.45) is 10.5. The summed E-state index contributed by atoms with van der Waals surface area (Å²) < 4.78 is 1.78. The second-order valence-electron chi connectivity index (χ2n) is 6.61. The molecular formula is C22H22N2OS2. The third kappa shape index (κ3) is 3.80. The maximum atomic E-state index is 13.2. The van der Waals surface area contributed by atoms with Crippen molar-refractivity contribution in [2.75, 3.05) is 5.75 Å². The van der Waals surface area contributed by atoms with Gasteiger partial charge in [-0.05, 0) is 36.8 Å². The Labute approximate surface area is 167 Å². The summed E-state index contributed by atoms with van der Waals surface area (Å²) >= 11 is 3.31. The van der Waals surface area contributed by atoms with Crippen molar-refractivity contribution in [1.82, 2.24) is 9.55 Å². The zero-order valence-electron chi connectivity index (χ0n) is 15.2. The Morgan fingerprint density at radius 2 is 2.04 bits per heavy atom. The average Bonchev–Trinajstić information content (AvgIpc) is 3.07. The first kappa shape index (κ1) is 18.3. The molecule has 0 atom stereocenters. The number of nitrogens with zero attached hydrogens (tertiary/aromatic N) is 2. The highest BCUT2D eigenvalue weighted by molar-refractivity contribution is 7.99. The Morgan fingerprint density at radius 3 is 2.85 bits per heavy atom. The van der Waals surface area contributed by atoms with Gasteiger partial charge in [-0.3, -0.25) is 9.36 Å². The highest BCUT2D eigenvalue weighted by Gasteiger charge is 2.21. The Hall–Kier alpha value is -2.11. The van der Waals surface area contributed by atoms with Crippen molar-refractivity contribution in [3.8, 4) is 0 Å². The van der Waals surface area contributed by atoms with Gasteiger partial charge in [0, 0.05) is 17.2 Å². The number of rotatable bonds is 6. The first-order chi connectivity index (χ1) is 13.3. The number of aryl methyl sites for hydroxylation is 2. The van der Waals surface area contributed by atoms with Crippen LogP contribution in [-0.2, 0) is 19.4 Å². The molecule has 0 N–H and O–H groups in total. The second kappa shape index (κ2) is 8.28. The number of hydrogen-bond donors (Lipinski definition) is 0. The van der Waals surface area contributed by atoms with Gasteiger partial charge in [-0.25, -0.2) is 4.98 Å². The normalized spacial score (nSPS) is 13.9. The minimum atomic E-state index is 0.0915. The molecule has 0 radical (unpaired) electrons. The fraction of sp³-hybridized carbons (Fsp3) is 0.273. The van der Waals surface area contributed by atoms with Gasteiger partial charge in [0.1, 0.15) is 4.83 Å². The van der Waals surface area contributed by atoms with Crippen LogP contribution in [0.5, 0.6) is 0 Å². The van der Waals surface area contributed by atoms with Gasteiger partial charge >= 0.3 is 0 Å². The van der Waals surface area contributed by atoms with E-state index in [9.17, 15) is 4.79 Å². The van der Waals surface area contributed by atoms with Crippen molar-refractivity contribution in [1.29, 1.82) is 0 Å². The number of benzene rings is 1. The highest BCUT2D eigenvalue weighted by atomic mass is 32.2. The van der Waals surface area contributed by atoms with Crippen LogP contribution in [0.3, 0.4) is 0 Å². The van der Waals surface area contributed by atoms with Crippen LogP contribution in [0.15, 0.2) is 59.0 Å². The molecular weight excluding hydrogens is 372 g/mol. The van der Waals surface area contributed by atoms with Crippen LogP contribution in [0.1, 0.15) is 28.8 Å². The third-order valence-electron chi connectivity index (χ3n) is 4.77. The Kier molecular flexibility index (Phi) is 5.60. The van der Waals surface area contributed by atoms with Gasteiger partial charge in [0.05, 0.1) is 5.39 Å². The van der Waals surface area contributed by atoms with E-state index in [1.165, 1.54) is 28.8 Å². The van der Waals surface area contributed by atoms with Crippen LogP contribution < -0.4 is 5.56 Å². The molecule has 0 aliphatic heterocycles. The third-order valence-corrected chi connectivity index (χ3v) is 6.88. The van der Waals surface area contributed by atoms with E-state index < -0.39 is 0 Å². The molecule has 0 fully saturated rings. The number of hydrogen-bond acceptors (Lipinski definition) is 4. The first-order valence-electron chi connectivity index (χ1n) is 9.28. The number of thiophene rings is 1. The lowest BCUT2D eigenvalue weighted by molar-refractivity contribution is 0.668. The number of allylic oxidation sites excluding steroid dienone is 1. The van der Waals surface area contributed by atoms with Gasteiger partial charge in [0.15, 0.2) is 5.16 Å². The lowest BCUT2D eigenvalue weighted by Crippen LogP contribution is -2.23. The summed E-state index contributed by atoms with van der Waals surface area (Å²) in [7, 11) is 0. The van der Waals surface area contributed by atoms with E-state index in [1.807, 2.05) is 18.2 Å². The zero-order valence-corrected chi connectivity index (χ0v) is 16.8. The molecule has 138 valence electrons. The molecule has 5 heteroatoms. The van der Waals surface area contributed by atoms with Gasteiger partial charge in [-0.15, -0.1) is 17.9 Å². The van der Waals surface area contributed by atoms with Gasteiger partial charge in [-0.2, -0.15) is 0 Å². The summed E-state index contributed by atoms with van der Waals surface area (Å²) in [6.45, 7) is 4.32. The molecule has 0 spiro atoms. The predicted molar refractivity (Wildman–Crippen MR) is 117 cm³/mol. The van der Waals surface area contributed by atoms with Crippen LogP contribution in [-0.4, -0.2) is 15.3 Å². The zero-order chi connectivity index (χ0) is 18.6. The minimum Gasteiger partial charge on any atom is -0.283 e. The molecule has 0 unspecified atom stereocenters. The summed E-state index contributed by atoms with van der Waals surface area (Å²) in [5, 5.41) is 1.63. The van der Waals surface area contributed by atoms with E-state index in [-0.39, 0.29) is 5.56 Å². The molecule has 3 aromatic rings. The second-order valence-corrected chi connectivity index (χ2v) is 8.68.